The van der Waals surface area contributed by atoms with Gasteiger partial charge in [-0.2, -0.15) is 0 Å². The van der Waals surface area contributed by atoms with E-state index in [1.807, 2.05) is 17.9 Å². The summed E-state index contributed by atoms with van der Waals surface area (Å²) in [5.41, 5.74) is 0.534. The van der Waals surface area contributed by atoms with Gasteiger partial charge in [0, 0.05) is 44.9 Å². The van der Waals surface area contributed by atoms with Crippen molar-refractivity contribution in [2.24, 2.45) is 0 Å². The summed E-state index contributed by atoms with van der Waals surface area (Å²) in [6.45, 7) is 5.16. The first-order valence-corrected chi connectivity index (χ1v) is 21.0. The highest BCUT2D eigenvalue weighted by Crippen LogP contribution is 2.50. The molecule has 0 aliphatic carbocycles. The van der Waals surface area contributed by atoms with E-state index in [-0.39, 0.29) is 73.4 Å². The molecule has 0 unspecified atom stereocenters. The molecule has 60 heavy (non-hydrogen) atoms. The standard InChI is InChI=1S/C38H47N6O15P/c1-5-6-18-52-36(47)59-44-16-14-42(15-17-44)35(46)29(23-60(50,53-21-30-24(2)55-37(48)57-30)54-22-31-25(3)56-38(49)58-31)40-34(45)28-19-32(43-13-12-27(20-43)51-4)41-33(39-28)26-10-8-7-9-11-26/h7-11,19,27,29H,5-6,12-18,20-23H2,1-4H3,(H,40,45)/t27-,29-/m0/s1. The summed E-state index contributed by atoms with van der Waals surface area (Å²) in [5, 5.41) is 4.06. The molecule has 2 fully saturated rings. The lowest BCUT2D eigenvalue weighted by molar-refractivity contribution is -0.157. The van der Waals surface area contributed by atoms with Crippen LogP contribution >= 0.6 is 7.60 Å². The number of piperazine rings is 1. The third kappa shape index (κ3) is 11.6. The predicted octanol–water partition coefficient (Wildman–Crippen LogP) is 3.82. The first-order valence-electron chi connectivity index (χ1n) is 19.3. The fourth-order valence-electron chi connectivity index (χ4n) is 6.32. The highest BCUT2D eigenvalue weighted by molar-refractivity contribution is 7.53. The Hall–Kier alpha value is -5.60. The van der Waals surface area contributed by atoms with E-state index in [1.165, 1.54) is 29.9 Å². The predicted molar refractivity (Wildman–Crippen MR) is 208 cm³/mol. The number of hydrogen-bond donors (Lipinski definition) is 1. The zero-order chi connectivity index (χ0) is 42.8. The number of hydroxylamine groups is 2. The number of nitrogens with one attached hydrogen (secondary N) is 1. The summed E-state index contributed by atoms with van der Waals surface area (Å²) in [6.07, 6.45) is 0.547. The van der Waals surface area contributed by atoms with E-state index in [0.717, 1.165) is 12.8 Å². The van der Waals surface area contributed by atoms with E-state index in [1.54, 1.807) is 31.4 Å². The van der Waals surface area contributed by atoms with Crippen LogP contribution in [0.1, 0.15) is 59.7 Å². The Morgan fingerprint density at radius 3 is 2.13 bits per heavy atom. The topological polar surface area (TPSA) is 249 Å². The van der Waals surface area contributed by atoms with E-state index in [9.17, 15) is 28.5 Å². The number of amides is 2. The monoisotopic (exact) mass is 858 g/mol. The van der Waals surface area contributed by atoms with Crippen LogP contribution in [-0.4, -0.2) is 109 Å². The molecule has 2 saturated heterocycles. The van der Waals surface area contributed by atoms with Crippen molar-refractivity contribution in [3.05, 3.63) is 86.4 Å². The van der Waals surface area contributed by atoms with Crippen LogP contribution < -0.4 is 21.9 Å². The van der Waals surface area contributed by atoms with Crippen LogP contribution in [0.25, 0.3) is 11.4 Å². The molecule has 3 aromatic heterocycles. The Balaban J connectivity index is 1.29. The average Bonchev–Trinajstić information content (AvgIpc) is 3.95. The van der Waals surface area contributed by atoms with Gasteiger partial charge in [-0.25, -0.2) is 24.4 Å². The summed E-state index contributed by atoms with van der Waals surface area (Å²) in [7, 11) is -2.92. The molecule has 0 spiro atoms. The number of benzene rings is 1. The summed E-state index contributed by atoms with van der Waals surface area (Å²) in [5.74, 6) is -2.97. The molecule has 22 heteroatoms. The lowest BCUT2D eigenvalue weighted by Crippen LogP contribution is -2.56. The van der Waals surface area contributed by atoms with Crippen molar-refractivity contribution >= 4 is 31.4 Å². The number of unbranched alkanes of at least 4 members (excludes halogenated alkanes) is 1. The molecular formula is C38H47N6O15P. The Kier molecular flexibility index (Phi) is 14.7. The molecular weight excluding hydrogens is 811 g/mol. The molecule has 5 heterocycles. The van der Waals surface area contributed by atoms with Gasteiger partial charge in [-0.1, -0.05) is 43.7 Å². The van der Waals surface area contributed by atoms with Crippen molar-refractivity contribution in [2.75, 3.05) is 64.0 Å². The number of aromatic nitrogens is 2. The minimum atomic E-state index is -4.54. The number of hydrogen-bond acceptors (Lipinski definition) is 19. The fourth-order valence-corrected chi connectivity index (χ4v) is 7.93. The van der Waals surface area contributed by atoms with Crippen LogP contribution in [0.15, 0.2) is 63.7 Å². The molecule has 0 saturated carbocycles. The van der Waals surface area contributed by atoms with Crippen LogP contribution in [0.5, 0.6) is 0 Å². The van der Waals surface area contributed by atoms with Gasteiger partial charge in [-0.05, 0) is 26.7 Å². The smallest absolute Gasteiger partial charge is 0.433 e. The van der Waals surface area contributed by atoms with Crippen LogP contribution in [-0.2, 0) is 45.9 Å². The first kappa shape index (κ1) is 44.0. The third-order valence-electron chi connectivity index (χ3n) is 9.72. The normalized spacial score (nSPS) is 16.5. The Labute approximate surface area is 343 Å². The summed E-state index contributed by atoms with van der Waals surface area (Å²) >= 11 is 0. The molecule has 4 aromatic rings. The molecule has 1 N–H and O–H groups in total. The van der Waals surface area contributed by atoms with Gasteiger partial charge >= 0.3 is 25.4 Å². The number of ether oxygens (including phenoxy) is 2. The van der Waals surface area contributed by atoms with Gasteiger partial charge in [0.05, 0.1) is 32.0 Å². The molecule has 2 amide bonds. The van der Waals surface area contributed by atoms with Gasteiger partial charge in [0.25, 0.3) is 5.91 Å². The van der Waals surface area contributed by atoms with E-state index in [0.29, 0.717) is 30.9 Å². The highest BCUT2D eigenvalue weighted by Gasteiger charge is 2.39. The van der Waals surface area contributed by atoms with Crippen LogP contribution in [0.2, 0.25) is 0 Å². The molecule has 2 aliphatic heterocycles. The number of carbonyl (C=O) groups is 3. The van der Waals surface area contributed by atoms with Crippen molar-refractivity contribution in [1.82, 2.24) is 25.2 Å². The maximum absolute atomic E-state index is 14.7. The average molecular weight is 859 g/mol. The number of nitrogens with zero attached hydrogens (tertiary/aromatic N) is 5. The van der Waals surface area contributed by atoms with Gasteiger partial charge in [-0.15, -0.1) is 5.06 Å². The summed E-state index contributed by atoms with van der Waals surface area (Å²) in [6, 6.07) is 8.94. The molecule has 2 aliphatic rings. The van der Waals surface area contributed by atoms with E-state index in [4.69, 9.17) is 46.0 Å². The van der Waals surface area contributed by atoms with Crippen LogP contribution in [0, 0.1) is 13.8 Å². The molecule has 0 bridgehead atoms. The second-order valence-corrected chi connectivity index (χ2v) is 16.0. The van der Waals surface area contributed by atoms with Gasteiger partial charge in [0.15, 0.2) is 17.3 Å². The largest absolute Gasteiger partial charge is 0.527 e. The van der Waals surface area contributed by atoms with Crippen LogP contribution in [0.3, 0.4) is 0 Å². The minimum Gasteiger partial charge on any atom is -0.433 e. The first-order chi connectivity index (χ1) is 28.8. The van der Waals surface area contributed by atoms with Gasteiger partial charge in [0.1, 0.15) is 42.3 Å². The van der Waals surface area contributed by atoms with Crippen molar-refractivity contribution in [3.63, 3.8) is 0 Å². The third-order valence-corrected chi connectivity index (χ3v) is 11.6. The van der Waals surface area contributed by atoms with Gasteiger partial charge in [0.2, 0.25) is 5.91 Å². The van der Waals surface area contributed by atoms with E-state index >= 15 is 0 Å². The van der Waals surface area contributed by atoms with E-state index in [2.05, 4.69) is 10.3 Å². The molecule has 0 radical (unpaired) electrons. The molecule has 21 nitrogen and oxygen atoms in total. The molecule has 2 atom stereocenters. The van der Waals surface area contributed by atoms with Crippen molar-refractivity contribution in [3.8, 4) is 11.4 Å². The molecule has 324 valence electrons. The zero-order valence-electron chi connectivity index (χ0n) is 33.6. The van der Waals surface area contributed by atoms with Crippen molar-refractivity contribution < 1.29 is 60.0 Å². The maximum atomic E-state index is 14.7. The van der Waals surface area contributed by atoms with E-state index < -0.39 is 62.6 Å². The Bertz CT molecular complexity index is 2200. The van der Waals surface area contributed by atoms with Gasteiger partial charge < -0.3 is 56.1 Å². The fraction of sp³-hybridized carbons (Fsp3) is 0.500. The number of anilines is 1. The number of rotatable bonds is 18. The summed E-state index contributed by atoms with van der Waals surface area (Å²) < 4.78 is 56.8. The second-order valence-electron chi connectivity index (χ2n) is 13.9. The maximum Gasteiger partial charge on any atom is 0.527 e. The molecule has 1 aromatic carbocycles. The minimum absolute atomic E-state index is 0.0314. The number of aryl methyl sites for hydroxylation is 2. The Morgan fingerprint density at radius 1 is 0.917 bits per heavy atom. The quantitative estimate of drug-likeness (QED) is 0.0848. The van der Waals surface area contributed by atoms with Crippen LogP contribution in [0.4, 0.5) is 10.6 Å². The second kappa shape index (κ2) is 20.1. The lowest BCUT2D eigenvalue weighted by atomic mass is 10.2. The molecule has 6 rings (SSSR count). The van der Waals surface area contributed by atoms with Gasteiger partial charge in [-0.3, -0.25) is 14.2 Å². The highest BCUT2D eigenvalue weighted by atomic mass is 31.2. The van der Waals surface area contributed by atoms with Crippen molar-refractivity contribution in [2.45, 2.75) is 65.4 Å². The van der Waals surface area contributed by atoms with Crippen molar-refractivity contribution in [1.29, 1.82) is 0 Å². The number of methoxy groups -OCH3 is 1. The summed E-state index contributed by atoms with van der Waals surface area (Å²) in [4.78, 5) is 82.5. The zero-order valence-corrected chi connectivity index (χ0v) is 34.5. The number of carbonyl (C=O) groups excluding carboxylic acids is 3. The SMILES string of the molecule is CCCCOC(=O)ON1CCN(C(=O)[C@H](CP(=O)(OCc2oc(=O)oc2C)OCc2oc(=O)oc2C)NC(=O)c2cc(N3CC[C@H](OC)C3)nc(-c3ccccc3)n2)CC1. The Morgan fingerprint density at radius 2 is 1.57 bits per heavy atom. The lowest BCUT2D eigenvalue weighted by Gasteiger charge is -2.35.